The molecule has 0 atom stereocenters. The number of benzene rings is 1. The zero-order valence-electron chi connectivity index (χ0n) is 9.35. The summed E-state index contributed by atoms with van der Waals surface area (Å²) in [5.41, 5.74) is 8.56. The number of aromatic nitrogens is 2. The van der Waals surface area contributed by atoms with Crippen LogP contribution < -0.4 is 5.73 Å². The van der Waals surface area contributed by atoms with Gasteiger partial charge in [-0.2, -0.15) is 0 Å². The summed E-state index contributed by atoms with van der Waals surface area (Å²) < 4.78 is 2.07. The fourth-order valence-corrected chi connectivity index (χ4v) is 1.73. The van der Waals surface area contributed by atoms with Crippen molar-refractivity contribution in [2.24, 2.45) is 0 Å². The van der Waals surface area contributed by atoms with Crippen LogP contribution in [0, 0.1) is 6.92 Å². The zero-order valence-corrected chi connectivity index (χ0v) is 9.35. The van der Waals surface area contributed by atoms with Crippen molar-refractivity contribution >= 4 is 5.69 Å². The number of hydrogen-bond donors (Lipinski definition) is 1. The minimum absolute atomic E-state index is 0.753. The quantitative estimate of drug-likeness (QED) is 0.629. The smallest absolute Gasteiger partial charge is 0.140 e. The van der Waals surface area contributed by atoms with Crippen LogP contribution >= 0.6 is 0 Å². The Kier molecular flexibility index (Phi) is 2.77. The molecule has 0 aliphatic carbocycles. The molecule has 0 aliphatic rings. The van der Waals surface area contributed by atoms with E-state index in [1.807, 2.05) is 43.5 Å². The minimum atomic E-state index is 0.753. The average molecular weight is 213 g/mol. The lowest BCUT2D eigenvalue weighted by Crippen LogP contribution is -1.97. The van der Waals surface area contributed by atoms with E-state index >= 15 is 0 Å². The summed E-state index contributed by atoms with van der Waals surface area (Å²) in [5.74, 6) is 0.935. The Balaban J connectivity index is 2.50. The van der Waals surface area contributed by atoms with Crippen molar-refractivity contribution in [3.63, 3.8) is 0 Å². The Morgan fingerprint density at radius 2 is 2.31 bits per heavy atom. The van der Waals surface area contributed by atoms with Gasteiger partial charge < -0.3 is 10.3 Å². The molecule has 0 bridgehead atoms. The number of nitrogens with two attached hydrogens (primary N) is 1. The van der Waals surface area contributed by atoms with Gasteiger partial charge in [-0.05, 0) is 19.1 Å². The molecule has 0 saturated carbocycles. The van der Waals surface area contributed by atoms with Crippen LogP contribution in [0.15, 0.2) is 43.1 Å². The van der Waals surface area contributed by atoms with Gasteiger partial charge in [0.05, 0.1) is 5.69 Å². The lowest BCUT2D eigenvalue weighted by atomic mass is 10.2. The third-order valence-electron chi connectivity index (χ3n) is 2.37. The Labute approximate surface area is 95.2 Å². The van der Waals surface area contributed by atoms with Gasteiger partial charge in [0.1, 0.15) is 5.82 Å². The van der Waals surface area contributed by atoms with Crippen molar-refractivity contribution in [2.75, 3.05) is 5.73 Å². The maximum absolute atomic E-state index is 5.77. The van der Waals surface area contributed by atoms with E-state index in [0.29, 0.717) is 0 Å². The summed E-state index contributed by atoms with van der Waals surface area (Å²) in [7, 11) is 0. The number of aryl methyl sites for hydroxylation is 1. The highest BCUT2D eigenvalue weighted by Gasteiger charge is 2.07. The molecule has 0 fully saturated rings. The van der Waals surface area contributed by atoms with E-state index in [-0.39, 0.29) is 0 Å². The van der Waals surface area contributed by atoms with Crippen molar-refractivity contribution in [1.82, 2.24) is 9.55 Å². The van der Waals surface area contributed by atoms with Gasteiger partial charge in [0.15, 0.2) is 0 Å². The molecule has 2 N–H and O–H groups in total. The van der Waals surface area contributed by atoms with Crippen LogP contribution in [-0.4, -0.2) is 9.55 Å². The summed E-state index contributed by atoms with van der Waals surface area (Å²) >= 11 is 0. The summed E-state index contributed by atoms with van der Waals surface area (Å²) in [5, 5.41) is 0. The molecule has 0 radical (unpaired) electrons. The number of allylic oxidation sites excluding steroid dienone is 1. The lowest BCUT2D eigenvalue weighted by molar-refractivity contribution is 0.831. The maximum atomic E-state index is 5.77. The Bertz CT molecular complexity index is 512. The SMILES string of the molecule is C=CCn1cc(C)nc1-c1cccc(N)c1. The van der Waals surface area contributed by atoms with Gasteiger partial charge in [0.25, 0.3) is 0 Å². The summed E-state index contributed by atoms with van der Waals surface area (Å²) in [6.45, 7) is 6.48. The highest BCUT2D eigenvalue weighted by molar-refractivity contribution is 5.61. The number of anilines is 1. The maximum Gasteiger partial charge on any atom is 0.140 e. The highest BCUT2D eigenvalue weighted by atomic mass is 15.1. The molecule has 3 nitrogen and oxygen atoms in total. The molecule has 2 aromatic rings. The summed E-state index contributed by atoms with van der Waals surface area (Å²) in [6, 6.07) is 7.75. The molecule has 3 heteroatoms. The van der Waals surface area contributed by atoms with Gasteiger partial charge in [-0.3, -0.25) is 0 Å². The molecule has 0 aliphatic heterocycles. The third-order valence-corrected chi connectivity index (χ3v) is 2.37. The van der Waals surface area contributed by atoms with Crippen molar-refractivity contribution in [3.8, 4) is 11.4 Å². The molecule has 0 saturated heterocycles. The highest BCUT2D eigenvalue weighted by Crippen LogP contribution is 2.21. The molecular formula is C13H15N3. The second-order valence-corrected chi connectivity index (χ2v) is 3.77. The normalized spacial score (nSPS) is 10.3. The topological polar surface area (TPSA) is 43.8 Å². The zero-order chi connectivity index (χ0) is 11.5. The minimum Gasteiger partial charge on any atom is -0.399 e. The van der Waals surface area contributed by atoms with Crippen LogP contribution in [-0.2, 0) is 6.54 Å². The second kappa shape index (κ2) is 4.23. The molecule has 1 heterocycles. The molecule has 0 spiro atoms. The van der Waals surface area contributed by atoms with Crippen LogP contribution in [0.5, 0.6) is 0 Å². The lowest BCUT2D eigenvalue weighted by Gasteiger charge is -2.05. The van der Waals surface area contributed by atoms with Crippen LogP contribution in [0.25, 0.3) is 11.4 Å². The fourth-order valence-electron chi connectivity index (χ4n) is 1.73. The number of imidazole rings is 1. The number of nitrogen functional groups attached to an aromatic ring is 1. The van der Waals surface area contributed by atoms with Crippen molar-refractivity contribution < 1.29 is 0 Å². The third kappa shape index (κ3) is 1.98. The van der Waals surface area contributed by atoms with Crippen LogP contribution in [0.3, 0.4) is 0 Å². The van der Waals surface area contributed by atoms with E-state index in [1.165, 1.54) is 0 Å². The number of hydrogen-bond acceptors (Lipinski definition) is 2. The van der Waals surface area contributed by atoms with Crippen LogP contribution in [0.4, 0.5) is 5.69 Å². The Morgan fingerprint density at radius 3 is 3.00 bits per heavy atom. The molecule has 16 heavy (non-hydrogen) atoms. The Morgan fingerprint density at radius 1 is 1.50 bits per heavy atom. The Hall–Kier alpha value is -2.03. The van der Waals surface area contributed by atoms with Gasteiger partial charge in [-0.1, -0.05) is 18.2 Å². The van der Waals surface area contributed by atoms with Crippen molar-refractivity contribution in [2.45, 2.75) is 13.5 Å². The van der Waals surface area contributed by atoms with E-state index in [4.69, 9.17) is 5.73 Å². The first-order valence-corrected chi connectivity index (χ1v) is 5.21. The molecular weight excluding hydrogens is 198 g/mol. The number of rotatable bonds is 3. The first kappa shape index (κ1) is 10.5. The molecule has 0 amide bonds. The molecule has 82 valence electrons. The summed E-state index contributed by atoms with van der Waals surface area (Å²) in [6.07, 6.45) is 3.87. The van der Waals surface area contributed by atoms with Gasteiger partial charge in [-0.15, -0.1) is 6.58 Å². The van der Waals surface area contributed by atoms with Gasteiger partial charge in [0.2, 0.25) is 0 Å². The van der Waals surface area contributed by atoms with E-state index in [0.717, 1.165) is 29.3 Å². The molecule has 2 rings (SSSR count). The predicted molar refractivity (Wildman–Crippen MR) is 67.0 cm³/mol. The van der Waals surface area contributed by atoms with E-state index < -0.39 is 0 Å². The second-order valence-electron chi connectivity index (χ2n) is 3.77. The van der Waals surface area contributed by atoms with Gasteiger partial charge >= 0.3 is 0 Å². The van der Waals surface area contributed by atoms with E-state index in [9.17, 15) is 0 Å². The molecule has 1 aromatic heterocycles. The van der Waals surface area contributed by atoms with Crippen molar-refractivity contribution in [1.29, 1.82) is 0 Å². The average Bonchev–Trinajstić information content (AvgIpc) is 2.60. The first-order chi connectivity index (χ1) is 7.70. The molecule has 0 unspecified atom stereocenters. The largest absolute Gasteiger partial charge is 0.399 e. The standard InChI is InChI=1S/C13H15N3/c1-3-7-16-9-10(2)15-13(16)11-5-4-6-12(14)8-11/h3-6,8-9H,1,7,14H2,2H3. The van der Waals surface area contributed by atoms with Crippen LogP contribution in [0.2, 0.25) is 0 Å². The van der Waals surface area contributed by atoms with E-state index in [2.05, 4.69) is 16.1 Å². The predicted octanol–water partition coefficient (Wildman–Crippen LogP) is 2.63. The van der Waals surface area contributed by atoms with Gasteiger partial charge in [-0.25, -0.2) is 4.98 Å². The number of nitrogens with zero attached hydrogens (tertiary/aromatic N) is 2. The summed E-state index contributed by atoms with van der Waals surface area (Å²) in [4.78, 5) is 4.50. The van der Waals surface area contributed by atoms with Crippen LogP contribution in [0.1, 0.15) is 5.69 Å². The van der Waals surface area contributed by atoms with Crippen molar-refractivity contribution in [3.05, 3.63) is 48.8 Å². The first-order valence-electron chi connectivity index (χ1n) is 5.21. The van der Waals surface area contributed by atoms with Gasteiger partial charge in [0, 0.05) is 24.0 Å². The monoisotopic (exact) mass is 213 g/mol. The van der Waals surface area contributed by atoms with E-state index in [1.54, 1.807) is 0 Å². The fraction of sp³-hybridized carbons (Fsp3) is 0.154. The molecule has 1 aromatic carbocycles.